The molecule has 1 aromatic heterocycles. The standard InChI is InChI=1S/C10H17N5O2/c1-8(4-5-14(2)3)13-10-11-6-9(7-12-10)15(16)17/h6-8H,4-5H2,1-3H3,(H,11,12,13). The smallest absolute Gasteiger partial charge is 0.305 e. The number of hydrogen-bond donors (Lipinski definition) is 1. The Balaban J connectivity index is 2.48. The summed E-state index contributed by atoms with van der Waals surface area (Å²) in [5.74, 6) is 0.418. The molecule has 0 aromatic carbocycles. The summed E-state index contributed by atoms with van der Waals surface area (Å²) >= 11 is 0. The maximum Gasteiger partial charge on any atom is 0.305 e. The van der Waals surface area contributed by atoms with E-state index in [1.807, 2.05) is 21.0 Å². The predicted octanol–water partition coefficient (Wildman–Crippen LogP) is 1.14. The fourth-order valence-corrected chi connectivity index (χ4v) is 1.23. The Kier molecular flexibility index (Phi) is 4.77. The lowest BCUT2D eigenvalue weighted by Gasteiger charge is -2.16. The van der Waals surface area contributed by atoms with Gasteiger partial charge in [-0.15, -0.1) is 0 Å². The minimum Gasteiger partial charge on any atom is -0.352 e. The van der Waals surface area contributed by atoms with Crippen LogP contribution in [-0.4, -0.2) is 46.5 Å². The quantitative estimate of drug-likeness (QED) is 0.592. The average molecular weight is 239 g/mol. The first-order valence-electron chi connectivity index (χ1n) is 5.36. The number of hydrogen-bond acceptors (Lipinski definition) is 6. The third kappa shape index (κ3) is 4.73. The first-order chi connectivity index (χ1) is 7.99. The molecule has 1 N–H and O–H groups in total. The van der Waals surface area contributed by atoms with Crippen LogP contribution in [0.3, 0.4) is 0 Å². The third-order valence-electron chi connectivity index (χ3n) is 2.23. The van der Waals surface area contributed by atoms with Gasteiger partial charge in [0, 0.05) is 6.04 Å². The Hall–Kier alpha value is -1.76. The molecule has 94 valence electrons. The maximum absolute atomic E-state index is 10.4. The Morgan fingerprint density at radius 3 is 2.53 bits per heavy atom. The van der Waals surface area contributed by atoms with E-state index in [-0.39, 0.29) is 11.7 Å². The summed E-state index contributed by atoms with van der Waals surface area (Å²) in [5, 5.41) is 13.5. The van der Waals surface area contributed by atoms with Gasteiger partial charge in [0.1, 0.15) is 12.4 Å². The molecule has 0 radical (unpaired) electrons. The van der Waals surface area contributed by atoms with Crippen molar-refractivity contribution in [2.45, 2.75) is 19.4 Å². The van der Waals surface area contributed by atoms with E-state index < -0.39 is 4.92 Å². The molecule has 1 unspecified atom stereocenters. The number of nitro groups is 1. The van der Waals surface area contributed by atoms with Crippen molar-refractivity contribution >= 4 is 11.6 Å². The maximum atomic E-state index is 10.4. The van der Waals surface area contributed by atoms with Gasteiger partial charge in [-0.2, -0.15) is 0 Å². The molecule has 0 aliphatic heterocycles. The molecule has 0 spiro atoms. The molecular weight excluding hydrogens is 222 g/mol. The predicted molar refractivity (Wildman–Crippen MR) is 64.9 cm³/mol. The van der Waals surface area contributed by atoms with Crippen molar-refractivity contribution in [1.29, 1.82) is 0 Å². The highest BCUT2D eigenvalue weighted by Crippen LogP contribution is 2.09. The highest BCUT2D eigenvalue weighted by atomic mass is 16.6. The second-order valence-electron chi connectivity index (χ2n) is 4.16. The molecule has 0 amide bonds. The van der Waals surface area contributed by atoms with E-state index in [1.165, 1.54) is 12.4 Å². The topological polar surface area (TPSA) is 84.2 Å². The second kappa shape index (κ2) is 6.09. The van der Waals surface area contributed by atoms with Crippen molar-refractivity contribution < 1.29 is 4.92 Å². The van der Waals surface area contributed by atoms with Crippen molar-refractivity contribution in [2.75, 3.05) is 26.0 Å². The van der Waals surface area contributed by atoms with Gasteiger partial charge in [-0.1, -0.05) is 0 Å². The Labute approximate surface area is 100 Å². The first kappa shape index (κ1) is 13.3. The summed E-state index contributed by atoms with van der Waals surface area (Å²) in [5.41, 5.74) is -0.100. The summed E-state index contributed by atoms with van der Waals surface area (Å²) < 4.78 is 0. The molecular formula is C10H17N5O2. The lowest BCUT2D eigenvalue weighted by molar-refractivity contribution is -0.385. The Morgan fingerprint density at radius 2 is 2.06 bits per heavy atom. The summed E-state index contributed by atoms with van der Waals surface area (Å²) in [6.45, 7) is 2.98. The highest BCUT2D eigenvalue weighted by Gasteiger charge is 2.08. The van der Waals surface area contributed by atoms with Crippen molar-refractivity contribution in [3.8, 4) is 0 Å². The molecule has 0 bridgehead atoms. The molecule has 1 heterocycles. The molecule has 1 aromatic rings. The van der Waals surface area contributed by atoms with Crippen LogP contribution in [0.5, 0.6) is 0 Å². The van der Waals surface area contributed by atoms with Crippen molar-refractivity contribution in [3.63, 3.8) is 0 Å². The van der Waals surface area contributed by atoms with Gasteiger partial charge in [0.2, 0.25) is 5.95 Å². The normalized spacial score (nSPS) is 12.5. The van der Waals surface area contributed by atoms with Gasteiger partial charge in [-0.05, 0) is 34.0 Å². The molecule has 0 aliphatic carbocycles. The monoisotopic (exact) mass is 239 g/mol. The van der Waals surface area contributed by atoms with Crippen LogP contribution in [0, 0.1) is 10.1 Å². The number of aromatic nitrogens is 2. The zero-order valence-electron chi connectivity index (χ0n) is 10.3. The van der Waals surface area contributed by atoms with Gasteiger partial charge in [0.15, 0.2) is 0 Å². The minimum absolute atomic E-state index is 0.100. The van der Waals surface area contributed by atoms with E-state index in [2.05, 4.69) is 20.2 Å². The zero-order valence-corrected chi connectivity index (χ0v) is 10.3. The fourth-order valence-electron chi connectivity index (χ4n) is 1.23. The largest absolute Gasteiger partial charge is 0.352 e. The van der Waals surface area contributed by atoms with Crippen LogP contribution in [-0.2, 0) is 0 Å². The van der Waals surface area contributed by atoms with Gasteiger partial charge >= 0.3 is 5.69 Å². The van der Waals surface area contributed by atoms with E-state index in [9.17, 15) is 10.1 Å². The SMILES string of the molecule is CC(CCN(C)C)Nc1ncc([N+](=O)[O-])cn1. The van der Waals surface area contributed by atoms with Crippen LogP contribution in [0.1, 0.15) is 13.3 Å². The van der Waals surface area contributed by atoms with E-state index in [0.29, 0.717) is 5.95 Å². The van der Waals surface area contributed by atoms with E-state index in [1.54, 1.807) is 0 Å². The van der Waals surface area contributed by atoms with Gasteiger partial charge in [-0.3, -0.25) is 10.1 Å². The van der Waals surface area contributed by atoms with E-state index >= 15 is 0 Å². The first-order valence-corrected chi connectivity index (χ1v) is 5.36. The highest BCUT2D eigenvalue weighted by molar-refractivity contribution is 5.31. The summed E-state index contributed by atoms with van der Waals surface area (Å²) in [6.07, 6.45) is 3.36. The molecule has 7 heteroatoms. The van der Waals surface area contributed by atoms with Gasteiger partial charge in [0.25, 0.3) is 0 Å². The van der Waals surface area contributed by atoms with Crippen LogP contribution in [0.4, 0.5) is 11.6 Å². The molecule has 0 saturated carbocycles. The van der Waals surface area contributed by atoms with E-state index in [0.717, 1.165) is 13.0 Å². The minimum atomic E-state index is -0.515. The van der Waals surface area contributed by atoms with Crippen LogP contribution in [0.25, 0.3) is 0 Å². The van der Waals surface area contributed by atoms with Gasteiger partial charge < -0.3 is 10.2 Å². The lowest BCUT2D eigenvalue weighted by Crippen LogP contribution is -2.23. The number of rotatable bonds is 6. The zero-order chi connectivity index (χ0) is 12.8. The van der Waals surface area contributed by atoms with Crippen LogP contribution in [0.2, 0.25) is 0 Å². The summed E-state index contributed by atoms with van der Waals surface area (Å²) in [4.78, 5) is 19.8. The molecule has 17 heavy (non-hydrogen) atoms. The van der Waals surface area contributed by atoms with Crippen molar-refractivity contribution in [1.82, 2.24) is 14.9 Å². The van der Waals surface area contributed by atoms with Crippen LogP contribution < -0.4 is 5.32 Å². The molecule has 1 atom stereocenters. The summed E-state index contributed by atoms with van der Waals surface area (Å²) in [6, 6.07) is 0.221. The van der Waals surface area contributed by atoms with Gasteiger partial charge in [-0.25, -0.2) is 9.97 Å². The molecule has 0 saturated heterocycles. The van der Waals surface area contributed by atoms with Crippen LogP contribution >= 0.6 is 0 Å². The van der Waals surface area contributed by atoms with E-state index in [4.69, 9.17) is 0 Å². The number of nitrogens with zero attached hydrogens (tertiary/aromatic N) is 4. The van der Waals surface area contributed by atoms with Crippen molar-refractivity contribution in [3.05, 3.63) is 22.5 Å². The van der Waals surface area contributed by atoms with Gasteiger partial charge in [0.05, 0.1) is 4.92 Å². The molecule has 0 aliphatic rings. The van der Waals surface area contributed by atoms with Crippen LogP contribution in [0.15, 0.2) is 12.4 Å². The second-order valence-corrected chi connectivity index (χ2v) is 4.16. The third-order valence-corrected chi connectivity index (χ3v) is 2.23. The lowest BCUT2D eigenvalue weighted by atomic mass is 10.2. The molecule has 7 nitrogen and oxygen atoms in total. The number of anilines is 1. The Bertz CT molecular complexity index is 365. The summed E-state index contributed by atoms with van der Waals surface area (Å²) in [7, 11) is 4.02. The fraction of sp³-hybridized carbons (Fsp3) is 0.600. The molecule has 0 fully saturated rings. The molecule has 1 rings (SSSR count). The average Bonchev–Trinajstić information content (AvgIpc) is 2.27. The van der Waals surface area contributed by atoms with Crippen molar-refractivity contribution in [2.24, 2.45) is 0 Å². The number of nitrogens with one attached hydrogen (secondary N) is 1. The Morgan fingerprint density at radius 1 is 1.47 bits per heavy atom.